The predicted octanol–water partition coefficient (Wildman–Crippen LogP) is 1.16. The van der Waals surface area contributed by atoms with Crippen molar-refractivity contribution < 1.29 is 15.0 Å². The summed E-state index contributed by atoms with van der Waals surface area (Å²) in [5.74, 6) is -0.195. The average molecular weight is 217 g/mol. The van der Waals surface area contributed by atoms with Gasteiger partial charge in [0.15, 0.2) is 6.23 Å². The Labute approximate surface area is 91.7 Å². The highest BCUT2D eigenvalue weighted by atomic mass is 16.3. The molecular weight excluding hydrogens is 194 g/mol. The summed E-state index contributed by atoms with van der Waals surface area (Å²) < 4.78 is 0. The molecule has 4 nitrogen and oxygen atoms in total. The third-order valence-electron chi connectivity index (χ3n) is 2.27. The van der Waals surface area contributed by atoms with Gasteiger partial charge in [0.2, 0.25) is 5.91 Å². The molecule has 0 saturated carbocycles. The van der Waals surface area contributed by atoms with Crippen molar-refractivity contribution in [2.24, 2.45) is 0 Å². The van der Waals surface area contributed by atoms with Crippen LogP contribution in [0.15, 0.2) is 0 Å². The van der Waals surface area contributed by atoms with E-state index >= 15 is 0 Å². The lowest BCUT2D eigenvalue weighted by Crippen LogP contribution is -2.41. The molecule has 2 unspecified atom stereocenters. The van der Waals surface area contributed by atoms with E-state index in [1.807, 2.05) is 0 Å². The normalized spacial score (nSPS) is 14.7. The van der Waals surface area contributed by atoms with E-state index in [0.29, 0.717) is 6.42 Å². The second-order valence-electron chi connectivity index (χ2n) is 3.92. The molecular formula is C11H23NO3. The highest BCUT2D eigenvalue weighted by Gasteiger charge is 2.12. The van der Waals surface area contributed by atoms with Crippen molar-refractivity contribution in [3.8, 4) is 0 Å². The highest BCUT2D eigenvalue weighted by molar-refractivity contribution is 5.76. The van der Waals surface area contributed by atoms with Gasteiger partial charge in [0, 0.05) is 6.42 Å². The molecule has 3 N–H and O–H groups in total. The van der Waals surface area contributed by atoms with Crippen LogP contribution in [-0.2, 0) is 4.79 Å². The van der Waals surface area contributed by atoms with E-state index in [-0.39, 0.29) is 5.91 Å². The maximum atomic E-state index is 11.2. The third-order valence-corrected chi connectivity index (χ3v) is 2.27. The minimum absolute atomic E-state index is 0.195. The molecule has 15 heavy (non-hydrogen) atoms. The number of nitrogens with one attached hydrogen (secondary N) is 1. The van der Waals surface area contributed by atoms with E-state index < -0.39 is 12.3 Å². The maximum absolute atomic E-state index is 11.2. The fraction of sp³-hybridized carbons (Fsp3) is 0.909. The fourth-order valence-electron chi connectivity index (χ4n) is 1.25. The Morgan fingerprint density at radius 3 is 2.33 bits per heavy atom. The summed E-state index contributed by atoms with van der Waals surface area (Å²) in [4.78, 5) is 11.2. The van der Waals surface area contributed by atoms with Gasteiger partial charge >= 0.3 is 0 Å². The topological polar surface area (TPSA) is 69.6 Å². The van der Waals surface area contributed by atoms with Crippen molar-refractivity contribution in [2.45, 2.75) is 64.7 Å². The van der Waals surface area contributed by atoms with Crippen molar-refractivity contribution in [3.63, 3.8) is 0 Å². The van der Waals surface area contributed by atoms with Crippen molar-refractivity contribution in [1.29, 1.82) is 0 Å². The van der Waals surface area contributed by atoms with Crippen molar-refractivity contribution in [1.82, 2.24) is 5.32 Å². The smallest absolute Gasteiger partial charge is 0.222 e. The summed E-state index contributed by atoms with van der Waals surface area (Å²) in [7, 11) is 0. The second kappa shape index (κ2) is 8.68. The first-order valence-electron chi connectivity index (χ1n) is 5.73. The zero-order chi connectivity index (χ0) is 11.7. The molecule has 0 bridgehead atoms. The molecule has 0 fully saturated rings. The quantitative estimate of drug-likeness (QED) is 0.422. The van der Waals surface area contributed by atoms with Crippen LogP contribution in [0.1, 0.15) is 52.4 Å². The molecule has 0 heterocycles. The van der Waals surface area contributed by atoms with Crippen LogP contribution >= 0.6 is 0 Å². The third kappa shape index (κ3) is 8.39. The van der Waals surface area contributed by atoms with Crippen molar-refractivity contribution >= 4 is 5.91 Å². The number of hydrogen-bond donors (Lipinski definition) is 3. The number of unbranched alkanes of at least 4 members (excludes halogenated alkanes) is 4. The molecule has 2 atom stereocenters. The largest absolute Gasteiger partial charge is 0.389 e. The Balaban J connectivity index is 3.41. The molecule has 90 valence electrons. The molecule has 0 aliphatic rings. The first-order valence-corrected chi connectivity index (χ1v) is 5.73. The van der Waals surface area contributed by atoms with Crippen LogP contribution in [-0.4, -0.2) is 28.5 Å². The van der Waals surface area contributed by atoms with E-state index in [4.69, 9.17) is 10.2 Å². The Kier molecular flexibility index (Phi) is 8.33. The lowest BCUT2D eigenvalue weighted by Gasteiger charge is -2.15. The molecule has 0 aromatic rings. The first kappa shape index (κ1) is 14.4. The summed E-state index contributed by atoms with van der Waals surface area (Å²) in [6, 6.07) is 0. The minimum Gasteiger partial charge on any atom is -0.389 e. The lowest BCUT2D eigenvalue weighted by atomic mass is 10.1. The van der Waals surface area contributed by atoms with Gasteiger partial charge < -0.3 is 15.5 Å². The van der Waals surface area contributed by atoms with E-state index in [9.17, 15) is 4.79 Å². The molecule has 0 aromatic carbocycles. The van der Waals surface area contributed by atoms with Crippen molar-refractivity contribution in [2.75, 3.05) is 0 Å². The van der Waals surface area contributed by atoms with Crippen LogP contribution in [0.4, 0.5) is 0 Å². The monoisotopic (exact) mass is 217 g/mol. The van der Waals surface area contributed by atoms with Gasteiger partial charge in [-0.25, -0.2) is 0 Å². The summed E-state index contributed by atoms with van der Waals surface area (Å²) >= 11 is 0. The number of carbonyl (C=O) groups excluding carboxylic acids is 1. The molecule has 0 rings (SSSR count). The lowest BCUT2D eigenvalue weighted by molar-refractivity contribution is -0.126. The summed E-state index contributed by atoms with van der Waals surface area (Å²) in [5, 5.41) is 20.4. The van der Waals surface area contributed by atoms with Gasteiger partial charge in [-0.2, -0.15) is 0 Å². The Hall–Kier alpha value is -0.610. The standard InChI is InChI=1S/C11H23NO3/c1-3-4-5-6-7-8-10(14)12-11(15)9(2)13/h9,11,13,15H,3-8H2,1-2H3,(H,12,14). The molecule has 0 radical (unpaired) electrons. The predicted molar refractivity (Wildman–Crippen MR) is 59.2 cm³/mol. The molecule has 0 saturated heterocycles. The second-order valence-corrected chi connectivity index (χ2v) is 3.92. The molecule has 0 aliphatic carbocycles. The number of aliphatic hydroxyl groups is 2. The van der Waals surface area contributed by atoms with Gasteiger partial charge in [-0.05, 0) is 13.3 Å². The van der Waals surface area contributed by atoms with Crippen LogP contribution in [0.25, 0.3) is 0 Å². The highest BCUT2D eigenvalue weighted by Crippen LogP contribution is 2.04. The van der Waals surface area contributed by atoms with Gasteiger partial charge in [0.25, 0.3) is 0 Å². The summed E-state index contributed by atoms with van der Waals surface area (Å²) in [5.41, 5.74) is 0. The maximum Gasteiger partial charge on any atom is 0.222 e. The molecule has 4 heteroatoms. The van der Waals surface area contributed by atoms with Gasteiger partial charge in [0.05, 0.1) is 6.10 Å². The number of amides is 1. The van der Waals surface area contributed by atoms with Crippen LogP contribution in [0, 0.1) is 0 Å². The van der Waals surface area contributed by atoms with E-state index in [0.717, 1.165) is 19.3 Å². The van der Waals surface area contributed by atoms with Crippen LogP contribution in [0.5, 0.6) is 0 Å². The summed E-state index contributed by atoms with van der Waals surface area (Å²) in [6.45, 7) is 3.58. The van der Waals surface area contributed by atoms with Crippen LogP contribution in [0.2, 0.25) is 0 Å². The zero-order valence-electron chi connectivity index (χ0n) is 9.70. The Morgan fingerprint density at radius 1 is 1.20 bits per heavy atom. The SMILES string of the molecule is CCCCCCCC(=O)NC(O)C(C)O. The summed E-state index contributed by atoms with van der Waals surface area (Å²) in [6.07, 6.45) is 3.80. The Morgan fingerprint density at radius 2 is 1.80 bits per heavy atom. The van der Waals surface area contributed by atoms with E-state index in [2.05, 4.69) is 12.2 Å². The first-order chi connectivity index (χ1) is 7.07. The molecule has 0 aliphatic heterocycles. The van der Waals surface area contributed by atoms with Crippen LogP contribution in [0.3, 0.4) is 0 Å². The Bertz CT molecular complexity index is 171. The van der Waals surface area contributed by atoms with Gasteiger partial charge in [-0.1, -0.05) is 32.6 Å². The van der Waals surface area contributed by atoms with Gasteiger partial charge in [0.1, 0.15) is 0 Å². The average Bonchev–Trinajstić information content (AvgIpc) is 2.17. The van der Waals surface area contributed by atoms with E-state index in [1.54, 1.807) is 0 Å². The molecule has 0 aromatic heterocycles. The van der Waals surface area contributed by atoms with Gasteiger partial charge in [-0.15, -0.1) is 0 Å². The van der Waals surface area contributed by atoms with Gasteiger partial charge in [-0.3, -0.25) is 4.79 Å². The number of hydrogen-bond acceptors (Lipinski definition) is 3. The van der Waals surface area contributed by atoms with E-state index in [1.165, 1.54) is 19.8 Å². The number of aliphatic hydroxyl groups excluding tert-OH is 2. The van der Waals surface area contributed by atoms with Crippen LogP contribution < -0.4 is 5.32 Å². The minimum atomic E-state index is -1.15. The van der Waals surface area contributed by atoms with Crippen molar-refractivity contribution in [3.05, 3.63) is 0 Å². The number of carbonyl (C=O) groups is 1. The fourth-order valence-corrected chi connectivity index (χ4v) is 1.25. The molecule has 0 spiro atoms. The zero-order valence-corrected chi connectivity index (χ0v) is 9.70. The number of rotatable bonds is 8. The molecule has 1 amide bonds.